The zero-order valence-corrected chi connectivity index (χ0v) is 14.4. The van der Waals surface area contributed by atoms with Gasteiger partial charge in [0, 0.05) is 12.0 Å². The molecule has 0 heterocycles. The van der Waals surface area contributed by atoms with Gasteiger partial charge in [-0.25, -0.2) is 0 Å². The number of rotatable bonds is 4. The van der Waals surface area contributed by atoms with Crippen LogP contribution in [0.2, 0.25) is 0 Å². The third-order valence-electron chi connectivity index (χ3n) is 3.81. The topological polar surface area (TPSA) is 58.2 Å². The molecule has 24 heavy (non-hydrogen) atoms. The Balaban J connectivity index is 1.78. The van der Waals surface area contributed by atoms with Gasteiger partial charge < -0.3 is 0 Å². The maximum Gasteiger partial charge on any atom is 0.269 e. The largest absolute Gasteiger partial charge is 0.273 e. The lowest BCUT2D eigenvalue weighted by Gasteiger charge is -2.19. The summed E-state index contributed by atoms with van der Waals surface area (Å²) in [5.41, 5.74) is 7.88. The molecule has 0 unspecified atom stereocenters. The fraction of sp³-hybridized carbons (Fsp3) is 0.300. The Bertz CT molecular complexity index is 686. The van der Waals surface area contributed by atoms with Gasteiger partial charge in [0.1, 0.15) is 0 Å². The minimum Gasteiger partial charge on any atom is -0.273 e. The average molecular weight is 324 g/mol. The first-order chi connectivity index (χ1) is 11.4. The fourth-order valence-corrected chi connectivity index (χ4v) is 2.28. The summed E-state index contributed by atoms with van der Waals surface area (Å²) in [5, 5.41) is 0. The van der Waals surface area contributed by atoms with Crippen molar-refractivity contribution < 1.29 is 9.59 Å². The van der Waals surface area contributed by atoms with E-state index in [1.807, 2.05) is 6.07 Å². The van der Waals surface area contributed by atoms with E-state index in [0.29, 0.717) is 18.4 Å². The van der Waals surface area contributed by atoms with E-state index in [4.69, 9.17) is 0 Å². The molecule has 0 radical (unpaired) electrons. The highest BCUT2D eigenvalue weighted by atomic mass is 16.2. The van der Waals surface area contributed by atoms with E-state index in [1.165, 1.54) is 5.56 Å². The molecule has 0 aliphatic carbocycles. The van der Waals surface area contributed by atoms with Crippen LogP contribution in [0.3, 0.4) is 0 Å². The van der Waals surface area contributed by atoms with Crippen molar-refractivity contribution in [2.45, 2.75) is 39.0 Å². The van der Waals surface area contributed by atoms with Crippen LogP contribution in [0.15, 0.2) is 54.6 Å². The zero-order chi connectivity index (χ0) is 17.6. The second kappa shape index (κ2) is 7.77. The van der Waals surface area contributed by atoms with Crippen LogP contribution in [0.1, 0.15) is 48.7 Å². The van der Waals surface area contributed by atoms with Crippen LogP contribution < -0.4 is 10.9 Å². The number of hydrogen-bond donors (Lipinski definition) is 2. The van der Waals surface area contributed by atoms with Gasteiger partial charge in [0.05, 0.1) is 0 Å². The van der Waals surface area contributed by atoms with E-state index in [-0.39, 0.29) is 17.2 Å². The highest BCUT2D eigenvalue weighted by Gasteiger charge is 2.13. The van der Waals surface area contributed by atoms with Gasteiger partial charge in [-0.15, -0.1) is 0 Å². The number of hydrogen-bond acceptors (Lipinski definition) is 2. The summed E-state index contributed by atoms with van der Waals surface area (Å²) in [4.78, 5) is 23.7. The number of carbonyl (C=O) groups is 2. The second-order valence-corrected chi connectivity index (χ2v) is 6.82. The summed E-state index contributed by atoms with van der Waals surface area (Å²) < 4.78 is 0. The molecule has 4 nitrogen and oxygen atoms in total. The molecule has 0 aliphatic rings. The van der Waals surface area contributed by atoms with Crippen molar-refractivity contribution in [2.24, 2.45) is 0 Å². The molecule has 0 spiro atoms. The lowest BCUT2D eigenvalue weighted by Crippen LogP contribution is -2.41. The van der Waals surface area contributed by atoms with E-state index < -0.39 is 0 Å². The monoisotopic (exact) mass is 324 g/mol. The van der Waals surface area contributed by atoms with Crippen molar-refractivity contribution in [3.8, 4) is 0 Å². The minimum absolute atomic E-state index is 0.123. The predicted octanol–water partition coefficient (Wildman–Crippen LogP) is 3.38. The van der Waals surface area contributed by atoms with Crippen molar-refractivity contribution in [2.75, 3.05) is 0 Å². The van der Waals surface area contributed by atoms with E-state index in [0.717, 1.165) is 5.56 Å². The molecule has 0 saturated heterocycles. The van der Waals surface area contributed by atoms with E-state index in [9.17, 15) is 9.59 Å². The SMILES string of the molecule is CC(C)(C)c1ccc(CCC(=O)NNC(=O)c2ccccc2)cc1. The third kappa shape index (κ3) is 5.23. The first kappa shape index (κ1) is 17.7. The summed E-state index contributed by atoms with van der Waals surface area (Å²) >= 11 is 0. The van der Waals surface area contributed by atoms with Crippen LogP contribution in [-0.2, 0) is 16.6 Å². The lowest BCUT2D eigenvalue weighted by molar-refractivity contribution is -0.121. The van der Waals surface area contributed by atoms with Crippen LogP contribution in [0.5, 0.6) is 0 Å². The van der Waals surface area contributed by atoms with Crippen LogP contribution in [-0.4, -0.2) is 11.8 Å². The van der Waals surface area contributed by atoms with Crippen molar-refractivity contribution in [1.82, 2.24) is 10.9 Å². The smallest absolute Gasteiger partial charge is 0.269 e. The Morgan fingerprint density at radius 1 is 0.875 bits per heavy atom. The molecular weight excluding hydrogens is 300 g/mol. The maximum atomic E-state index is 11.9. The molecule has 2 aromatic rings. The Morgan fingerprint density at radius 2 is 1.50 bits per heavy atom. The number of hydrazine groups is 1. The van der Waals surface area contributed by atoms with Crippen molar-refractivity contribution >= 4 is 11.8 Å². The summed E-state index contributed by atoms with van der Waals surface area (Å²) in [6, 6.07) is 17.1. The quantitative estimate of drug-likeness (QED) is 0.847. The molecule has 0 aromatic heterocycles. The molecular formula is C20H24N2O2. The number of amides is 2. The van der Waals surface area contributed by atoms with E-state index in [2.05, 4.69) is 55.9 Å². The molecule has 0 aliphatic heterocycles. The van der Waals surface area contributed by atoms with Crippen LogP contribution in [0, 0.1) is 0 Å². The van der Waals surface area contributed by atoms with Gasteiger partial charge >= 0.3 is 0 Å². The first-order valence-electron chi connectivity index (χ1n) is 8.10. The van der Waals surface area contributed by atoms with Gasteiger partial charge in [-0.1, -0.05) is 63.2 Å². The van der Waals surface area contributed by atoms with Crippen LogP contribution in [0.25, 0.3) is 0 Å². The van der Waals surface area contributed by atoms with Crippen LogP contribution in [0.4, 0.5) is 0 Å². The fourth-order valence-electron chi connectivity index (χ4n) is 2.28. The molecule has 2 N–H and O–H groups in total. The van der Waals surface area contributed by atoms with Gasteiger partial charge in [-0.2, -0.15) is 0 Å². The zero-order valence-electron chi connectivity index (χ0n) is 14.4. The summed E-state index contributed by atoms with van der Waals surface area (Å²) in [6.07, 6.45) is 0.960. The lowest BCUT2D eigenvalue weighted by atomic mass is 9.86. The molecule has 4 heteroatoms. The molecule has 0 fully saturated rings. The number of nitrogens with one attached hydrogen (secondary N) is 2. The van der Waals surface area contributed by atoms with Gasteiger partial charge in [0.25, 0.3) is 5.91 Å². The molecule has 2 rings (SSSR count). The molecule has 0 atom stereocenters. The number of carbonyl (C=O) groups excluding carboxylic acids is 2. The van der Waals surface area contributed by atoms with Gasteiger partial charge in [-0.3, -0.25) is 20.4 Å². The van der Waals surface area contributed by atoms with Crippen molar-refractivity contribution in [3.05, 3.63) is 71.3 Å². The van der Waals surface area contributed by atoms with Gasteiger partial charge in [-0.05, 0) is 35.1 Å². The summed E-state index contributed by atoms with van der Waals surface area (Å²) in [7, 11) is 0. The Kier molecular flexibility index (Phi) is 5.74. The Labute approximate surface area is 143 Å². The number of benzene rings is 2. The van der Waals surface area contributed by atoms with Gasteiger partial charge in [0.2, 0.25) is 5.91 Å². The molecule has 2 aromatic carbocycles. The maximum absolute atomic E-state index is 11.9. The Hall–Kier alpha value is -2.62. The van der Waals surface area contributed by atoms with Crippen molar-refractivity contribution in [1.29, 1.82) is 0 Å². The predicted molar refractivity (Wildman–Crippen MR) is 95.5 cm³/mol. The third-order valence-corrected chi connectivity index (χ3v) is 3.81. The standard InChI is InChI=1S/C20H24N2O2/c1-20(2,3)17-12-9-15(10-13-17)11-14-18(23)21-22-19(24)16-7-5-4-6-8-16/h4-10,12-13H,11,14H2,1-3H3,(H,21,23)(H,22,24). The average Bonchev–Trinajstić information content (AvgIpc) is 2.58. The highest BCUT2D eigenvalue weighted by Crippen LogP contribution is 2.22. The van der Waals surface area contributed by atoms with Crippen LogP contribution >= 0.6 is 0 Å². The minimum atomic E-state index is -0.321. The summed E-state index contributed by atoms with van der Waals surface area (Å²) in [5.74, 6) is -0.530. The summed E-state index contributed by atoms with van der Waals surface area (Å²) in [6.45, 7) is 6.51. The number of aryl methyl sites for hydroxylation is 1. The van der Waals surface area contributed by atoms with E-state index in [1.54, 1.807) is 24.3 Å². The molecule has 0 bridgehead atoms. The first-order valence-corrected chi connectivity index (χ1v) is 8.10. The van der Waals surface area contributed by atoms with Gasteiger partial charge in [0.15, 0.2) is 0 Å². The molecule has 0 saturated carbocycles. The molecule has 2 amide bonds. The highest BCUT2D eigenvalue weighted by molar-refractivity contribution is 5.95. The Morgan fingerprint density at radius 3 is 2.08 bits per heavy atom. The molecule has 126 valence electrons. The van der Waals surface area contributed by atoms with E-state index >= 15 is 0 Å². The van der Waals surface area contributed by atoms with Crippen molar-refractivity contribution in [3.63, 3.8) is 0 Å². The second-order valence-electron chi connectivity index (χ2n) is 6.82. The normalized spacial score (nSPS) is 11.0.